The molecule has 1 aromatic heterocycles. The van der Waals surface area contributed by atoms with Gasteiger partial charge in [0.05, 0.1) is 17.1 Å². The summed E-state index contributed by atoms with van der Waals surface area (Å²) >= 11 is 0. The van der Waals surface area contributed by atoms with E-state index in [-0.39, 0.29) is 5.82 Å². The molecule has 0 amide bonds. The van der Waals surface area contributed by atoms with Crippen molar-refractivity contribution in [2.75, 3.05) is 13.2 Å². The second kappa shape index (κ2) is 11.5. The standard InChI is InChI=1S/C25H24FN3O.C2HF3O2/c26-21-9-10-23-24(14-21)29-25(28-23)20-7-2-6-19(13-20)18-5-1-4-17(12-18)15-27-16-22-8-3-11-30-22;3-2(4,5)1(6)7/h1-2,4-7,9-10,12-14,22,27H,3,8,11,15-16H2,(H,28,29);(H,6,7). The Bertz CT molecular complexity index is 1360. The summed E-state index contributed by atoms with van der Waals surface area (Å²) in [5, 5.41) is 10.6. The highest BCUT2D eigenvalue weighted by Crippen LogP contribution is 2.27. The molecule has 6 nitrogen and oxygen atoms in total. The van der Waals surface area contributed by atoms with E-state index in [2.05, 4.69) is 51.7 Å². The number of nitrogens with zero attached hydrogens (tertiary/aromatic N) is 1. The Kier molecular flexibility index (Phi) is 8.20. The number of benzene rings is 3. The van der Waals surface area contributed by atoms with Gasteiger partial charge in [-0.05, 0) is 59.9 Å². The van der Waals surface area contributed by atoms with Crippen LogP contribution in [-0.2, 0) is 16.1 Å². The summed E-state index contributed by atoms with van der Waals surface area (Å²) in [6.45, 7) is 2.60. The van der Waals surface area contributed by atoms with Crippen LogP contribution >= 0.6 is 0 Å². The summed E-state index contributed by atoms with van der Waals surface area (Å²) in [7, 11) is 0. The molecule has 194 valence electrons. The molecule has 4 aromatic rings. The summed E-state index contributed by atoms with van der Waals surface area (Å²) in [4.78, 5) is 16.7. The van der Waals surface area contributed by atoms with Crippen molar-refractivity contribution in [2.24, 2.45) is 0 Å². The average Bonchev–Trinajstić information content (AvgIpc) is 3.54. The highest BCUT2D eigenvalue weighted by Gasteiger charge is 2.38. The van der Waals surface area contributed by atoms with Crippen LogP contribution in [0.4, 0.5) is 17.6 Å². The molecule has 1 unspecified atom stereocenters. The number of aromatic nitrogens is 2. The SMILES string of the molecule is Fc1ccc2nc(-c3cccc(-c4cccc(CNCC5CCCO5)c4)c3)[nH]c2c1.O=C(O)C(F)(F)F. The number of carboxylic acid groups (broad SMARTS) is 1. The number of hydrogen-bond donors (Lipinski definition) is 3. The number of carboxylic acids is 1. The molecule has 1 fully saturated rings. The Morgan fingerprint density at radius 2 is 1.76 bits per heavy atom. The zero-order valence-electron chi connectivity index (χ0n) is 19.7. The van der Waals surface area contributed by atoms with Gasteiger partial charge in [0.15, 0.2) is 0 Å². The Morgan fingerprint density at radius 3 is 2.46 bits per heavy atom. The smallest absolute Gasteiger partial charge is 0.475 e. The van der Waals surface area contributed by atoms with Gasteiger partial charge in [0, 0.05) is 25.3 Å². The van der Waals surface area contributed by atoms with Crippen molar-refractivity contribution < 1.29 is 32.2 Å². The number of alkyl halides is 3. The molecular weight excluding hydrogens is 490 g/mol. The molecule has 10 heteroatoms. The predicted octanol–water partition coefficient (Wildman–Crippen LogP) is 5.94. The predicted molar refractivity (Wildman–Crippen MR) is 131 cm³/mol. The number of halogens is 4. The van der Waals surface area contributed by atoms with Crippen LogP contribution in [0.25, 0.3) is 33.5 Å². The van der Waals surface area contributed by atoms with E-state index in [1.807, 2.05) is 12.1 Å². The third-order valence-corrected chi connectivity index (χ3v) is 5.81. The van der Waals surface area contributed by atoms with Crippen LogP contribution in [0.15, 0.2) is 66.7 Å². The van der Waals surface area contributed by atoms with Crippen molar-refractivity contribution in [3.05, 3.63) is 78.1 Å². The van der Waals surface area contributed by atoms with E-state index in [4.69, 9.17) is 14.6 Å². The molecule has 2 heterocycles. The minimum Gasteiger partial charge on any atom is -0.475 e. The van der Waals surface area contributed by atoms with E-state index in [1.54, 1.807) is 6.07 Å². The third-order valence-electron chi connectivity index (χ3n) is 5.81. The Labute approximate surface area is 210 Å². The summed E-state index contributed by atoms with van der Waals surface area (Å²) in [6.07, 6.45) is -2.42. The second-order valence-corrected chi connectivity index (χ2v) is 8.60. The first-order chi connectivity index (χ1) is 17.7. The number of hydrogen-bond acceptors (Lipinski definition) is 4. The zero-order chi connectivity index (χ0) is 26.4. The van der Waals surface area contributed by atoms with Crippen molar-refractivity contribution >= 4 is 17.0 Å². The highest BCUT2D eigenvalue weighted by atomic mass is 19.4. The molecule has 5 rings (SSSR count). The zero-order valence-corrected chi connectivity index (χ0v) is 19.7. The first-order valence-electron chi connectivity index (χ1n) is 11.7. The number of nitrogens with one attached hydrogen (secondary N) is 2. The Hall–Kier alpha value is -3.76. The summed E-state index contributed by atoms with van der Waals surface area (Å²) in [6, 6.07) is 21.4. The summed E-state index contributed by atoms with van der Waals surface area (Å²) in [5.74, 6) is -2.28. The van der Waals surface area contributed by atoms with E-state index in [1.165, 1.54) is 24.1 Å². The largest absolute Gasteiger partial charge is 0.490 e. The van der Waals surface area contributed by atoms with Gasteiger partial charge in [0.25, 0.3) is 0 Å². The van der Waals surface area contributed by atoms with Gasteiger partial charge >= 0.3 is 12.1 Å². The fraction of sp³-hybridized carbons (Fsp3) is 0.259. The van der Waals surface area contributed by atoms with Gasteiger partial charge < -0.3 is 20.1 Å². The molecule has 0 aliphatic carbocycles. The van der Waals surface area contributed by atoms with Crippen LogP contribution in [0.1, 0.15) is 18.4 Å². The van der Waals surface area contributed by atoms with E-state index < -0.39 is 12.1 Å². The number of aliphatic carboxylic acids is 1. The Morgan fingerprint density at radius 1 is 1.05 bits per heavy atom. The van der Waals surface area contributed by atoms with E-state index >= 15 is 0 Å². The third kappa shape index (κ3) is 7.14. The average molecular weight is 516 g/mol. The lowest BCUT2D eigenvalue weighted by atomic mass is 10.0. The molecule has 1 aliphatic rings. The number of rotatable bonds is 6. The molecule has 37 heavy (non-hydrogen) atoms. The molecular formula is C27H25F4N3O3. The molecule has 0 bridgehead atoms. The maximum Gasteiger partial charge on any atom is 0.490 e. The number of carbonyl (C=O) groups is 1. The summed E-state index contributed by atoms with van der Waals surface area (Å²) in [5.41, 5.74) is 5.97. The number of ether oxygens (including phenoxy) is 1. The van der Waals surface area contributed by atoms with E-state index in [0.717, 1.165) is 54.1 Å². The lowest BCUT2D eigenvalue weighted by molar-refractivity contribution is -0.192. The summed E-state index contributed by atoms with van der Waals surface area (Å²) < 4.78 is 50.9. The van der Waals surface area contributed by atoms with Crippen LogP contribution in [0.3, 0.4) is 0 Å². The molecule has 1 saturated heterocycles. The normalized spacial score (nSPS) is 15.4. The topological polar surface area (TPSA) is 87.2 Å². The number of H-pyrrole nitrogens is 1. The lowest BCUT2D eigenvalue weighted by Crippen LogP contribution is -2.25. The van der Waals surface area contributed by atoms with Gasteiger partial charge in [-0.1, -0.05) is 36.4 Å². The maximum absolute atomic E-state index is 13.5. The van der Waals surface area contributed by atoms with Gasteiger partial charge in [-0.3, -0.25) is 0 Å². The molecule has 1 aliphatic heterocycles. The first-order valence-corrected chi connectivity index (χ1v) is 11.7. The fourth-order valence-corrected chi connectivity index (χ4v) is 4.01. The second-order valence-electron chi connectivity index (χ2n) is 8.60. The van der Waals surface area contributed by atoms with Crippen LogP contribution in [0.5, 0.6) is 0 Å². The molecule has 0 saturated carbocycles. The number of imidazole rings is 1. The van der Waals surface area contributed by atoms with Crippen molar-refractivity contribution in [1.29, 1.82) is 0 Å². The number of fused-ring (bicyclic) bond motifs is 1. The minimum atomic E-state index is -5.08. The van der Waals surface area contributed by atoms with Crippen molar-refractivity contribution in [2.45, 2.75) is 31.7 Å². The molecule has 3 N–H and O–H groups in total. The minimum absolute atomic E-state index is 0.267. The van der Waals surface area contributed by atoms with Gasteiger partial charge in [-0.25, -0.2) is 14.2 Å². The van der Waals surface area contributed by atoms with Crippen molar-refractivity contribution in [3.8, 4) is 22.5 Å². The lowest BCUT2D eigenvalue weighted by Gasteiger charge is -2.11. The Balaban J connectivity index is 0.000000405. The van der Waals surface area contributed by atoms with Crippen LogP contribution in [0, 0.1) is 5.82 Å². The van der Waals surface area contributed by atoms with Crippen LogP contribution < -0.4 is 5.32 Å². The first kappa shape index (κ1) is 26.3. The van der Waals surface area contributed by atoms with E-state index in [9.17, 15) is 17.6 Å². The fourth-order valence-electron chi connectivity index (χ4n) is 4.01. The van der Waals surface area contributed by atoms with Gasteiger partial charge in [0.1, 0.15) is 11.6 Å². The monoisotopic (exact) mass is 515 g/mol. The van der Waals surface area contributed by atoms with Crippen LogP contribution in [-0.4, -0.2) is 46.5 Å². The molecule has 3 aromatic carbocycles. The van der Waals surface area contributed by atoms with Crippen LogP contribution in [0.2, 0.25) is 0 Å². The maximum atomic E-state index is 13.5. The quantitative estimate of drug-likeness (QED) is 0.277. The van der Waals surface area contributed by atoms with E-state index in [0.29, 0.717) is 11.6 Å². The van der Waals surface area contributed by atoms with Gasteiger partial charge in [-0.2, -0.15) is 13.2 Å². The van der Waals surface area contributed by atoms with Gasteiger partial charge in [-0.15, -0.1) is 0 Å². The number of aromatic amines is 1. The van der Waals surface area contributed by atoms with Crippen molar-refractivity contribution in [1.82, 2.24) is 15.3 Å². The molecule has 1 atom stereocenters. The molecule has 0 spiro atoms. The molecule has 0 radical (unpaired) electrons. The van der Waals surface area contributed by atoms with Gasteiger partial charge in [0.2, 0.25) is 0 Å². The highest BCUT2D eigenvalue weighted by molar-refractivity contribution is 5.80. The van der Waals surface area contributed by atoms with Crippen molar-refractivity contribution in [3.63, 3.8) is 0 Å².